The molecule has 0 atom stereocenters. The molecular weight excluding hydrogens is 292 g/mol. The first-order valence-corrected chi connectivity index (χ1v) is 6.91. The second-order valence-corrected chi connectivity index (χ2v) is 5.09. The molecule has 1 heterocycles. The molecule has 6 nitrogen and oxygen atoms in total. The molecule has 1 aromatic carbocycles. The number of allylic oxidation sites excluding steroid dienone is 1. The smallest absolute Gasteiger partial charge is 0.326 e. The third-order valence-electron chi connectivity index (χ3n) is 3.38. The first-order chi connectivity index (χ1) is 11.0. The van der Waals surface area contributed by atoms with Crippen molar-refractivity contribution in [2.45, 2.75) is 20.4 Å². The molecule has 0 aliphatic carbocycles. The number of imidazole rings is 1. The molecule has 6 heteroatoms. The summed E-state index contributed by atoms with van der Waals surface area (Å²) >= 11 is 0. The number of nitrogens with one attached hydrogen (secondary N) is 1. The van der Waals surface area contributed by atoms with E-state index in [4.69, 9.17) is 17.2 Å². The maximum atomic E-state index is 12.2. The Balaban J connectivity index is 2.44. The van der Waals surface area contributed by atoms with Crippen molar-refractivity contribution < 1.29 is 4.84 Å². The van der Waals surface area contributed by atoms with Crippen molar-refractivity contribution in [2.75, 3.05) is 0 Å². The summed E-state index contributed by atoms with van der Waals surface area (Å²) in [6, 6.07) is 5.17. The normalized spacial score (nSPS) is 10.7. The van der Waals surface area contributed by atoms with Gasteiger partial charge in [-0.25, -0.2) is 4.79 Å². The summed E-state index contributed by atoms with van der Waals surface area (Å²) in [5.41, 5.74) is 3.18. The molecule has 0 unspecified atom stereocenters. The lowest BCUT2D eigenvalue weighted by Gasteiger charge is -2.10. The van der Waals surface area contributed by atoms with Crippen LogP contribution in [0, 0.1) is 19.3 Å². The van der Waals surface area contributed by atoms with E-state index < -0.39 is 0 Å². The van der Waals surface area contributed by atoms with E-state index in [2.05, 4.69) is 22.5 Å². The molecule has 0 aliphatic heterocycles. The van der Waals surface area contributed by atoms with Crippen LogP contribution < -0.4 is 16.4 Å². The second-order valence-electron chi connectivity index (χ2n) is 5.09. The molecule has 2 aromatic rings. The van der Waals surface area contributed by atoms with E-state index in [0.717, 1.165) is 11.3 Å². The van der Waals surface area contributed by atoms with Crippen molar-refractivity contribution in [1.29, 1.82) is 0 Å². The van der Waals surface area contributed by atoms with Crippen molar-refractivity contribution in [2.24, 2.45) is 10.9 Å². The molecule has 118 valence electrons. The SMILES string of the molecule is C#Cc1ccc(ON)c(Cn2c(C)c(C=NC(=C)C)[nH]c2=O)c1. The summed E-state index contributed by atoms with van der Waals surface area (Å²) in [6.45, 7) is 7.57. The van der Waals surface area contributed by atoms with E-state index in [1.54, 1.807) is 35.9 Å². The van der Waals surface area contributed by atoms with Crippen molar-refractivity contribution in [3.63, 3.8) is 0 Å². The highest BCUT2D eigenvalue weighted by atomic mass is 16.6. The molecule has 23 heavy (non-hydrogen) atoms. The zero-order chi connectivity index (χ0) is 17.0. The van der Waals surface area contributed by atoms with E-state index in [1.165, 1.54) is 0 Å². The van der Waals surface area contributed by atoms with Crippen LogP contribution in [0.5, 0.6) is 5.75 Å². The minimum atomic E-state index is -0.250. The number of benzene rings is 1. The van der Waals surface area contributed by atoms with Gasteiger partial charge >= 0.3 is 5.69 Å². The standard InChI is InChI=1S/C17H18N4O2/c1-5-13-6-7-16(23-18)14(8-13)10-21-12(4)15(20-17(21)22)9-19-11(2)3/h1,6-9H,2,10,18H2,3-4H3,(H,20,22). The van der Waals surface area contributed by atoms with Crippen LogP contribution in [-0.2, 0) is 6.54 Å². The molecule has 2 rings (SSSR count). The highest BCUT2D eigenvalue weighted by Crippen LogP contribution is 2.20. The largest absolute Gasteiger partial charge is 0.411 e. The number of hydrogen-bond donors (Lipinski definition) is 2. The molecule has 3 N–H and O–H groups in total. The highest BCUT2D eigenvalue weighted by Gasteiger charge is 2.12. The fraction of sp³-hybridized carbons (Fsp3) is 0.176. The topological polar surface area (TPSA) is 85.4 Å². The molecule has 0 amide bonds. The fourth-order valence-corrected chi connectivity index (χ4v) is 2.14. The highest BCUT2D eigenvalue weighted by molar-refractivity contribution is 5.79. The lowest BCUT2D eigenvalue weighted by molar-refractivity contribution is 0.330. The zero-order valence-electron chi connectivity index (χ0n) is 13.1. The average Bonchev–Trinajstić information content (AvgIpc) is 2.80. The molecule has 0 bridgehead atoms. The Morgan fingerprint density at radius 1 is 1.61 bits per heavy atom. The van der Waals surface area contributed by atoms with Gasteiger partial charge in [0, 0.05) is 22.5 Å². The average molecular weight is 310 g/mol. The maximum absolute atomic E-state index is 12.2. The van der Waals surface area contributed by atoms with Crippen molar-refractivity contribution >= 4 is 6.21 Å². The van der Waals surface area contributed by atoms with E-state index in [-0.39, 0.29) is 12.2 Å². The molecule has 0 aliphatic rings. The number of rotatable bonds is 5. The second kappa shape index (κ2) is 6.81. The summed E-state index contributed by atoms with van der Waals surface area (Å²) < 4.78 is 1.57. The number of terminal acetylenes is 1. The summed E-state index contributed by atoms with van der Waals surface area (Å²) in [5, 5.41) is 0. The minimum absolute atomic E-state index is 0.250. The number of nitrogens with zero attached hydrogens (tertiary/aromatic N) is 2. The molecule has 0 saturated heterocycles. The van der Waals surface area contributed by atoms with Crippen molar-refractivity contribution in [3.8, 4) is 18.1 Å². The van der Waals surface area contributed by atoms with Crippen LogP contribution in [0.3, 0.4) is 0 Å². The first-order valence-electron chi connectivity index (χ1n) is 6.91. The predicted octanol–water partition coefficient (Wildman–Crippen LogP) is 1.72. The van der Waals surface area contributed by atoms with Crippen LogP contribution in [0.15, 0.2) is 40.3 Å². The van der Waals surface area contributed by atoms with Gasteiger partial charge in [-0.05, 0) is 32.0 Å². The third kappa shape index (κ3) is 3.59. The summed E-state index contributed by atoms with van der Waals surface area (Å²) in [5.74, 6) is 8.30. The van der Waals surface area contributed by atoms with Gasteiger partial charge in [-0.3, -0.25) is 9.56 Å². The van der Waals surface area contributed by atoms with E-state index in [1.807, 2.05) is 6.92 Å². The van der Waals surface area contributed by atoms with Gasteiger partial charge in [0.2, 0.25) is 0 Å². The Hall–Kier alpha value is -3.04. The summed E-state index contributed by atoms with van der Waals surface area (Å²) in [6.07, 6.45) is 6.99. The molecule has 1 aromatic heterocycles. The fourth-order valence-electron chi connectivity index (χ4n) is 2.14. The number of nitrogens with two attached hydrogens (primary N) is 1. The first kappa shape index (κ1) is 16.3. The predicted molar refractivity (Wildman–Crippen MR) is 90.5 cm³/mol. The lowest BCUT2D eigenvalue weighted by Crippen LogP contribution is -2.19. The number of aromatic nitrogens is 2. The van der Waals surface area contributed by atoms with Gasteiger partial charge in [0.15, 0.2) is 5.75 Å². The van der Waals surface area contributed by atoms with Gasteiger partial charge in [-0.2, -0.15) is 5.90 Å². The van der Waals surface area contributed by atoms with Gasteiger partial charge in [-0.15, -0.1) is 6.42 Å². The van der Waals surface area contributed by atoms with Crippen molar-refractivity contribution in [1.82, 2.24) is 9.55 Å². The van der Waals surface area contributed by atoms with E-state index in [9.17, 15) is 4.79 Å². The third-order valence-corrected chi connectivity index (χ3v) is 3.38. The summed E-state index contributed by atoms with van der Waals surface area (Å²) in [7, 11) is 0. The Morgan fingerprint density at radius 3 is 2.96 bits per heavy atom. The van der Waals surface area contributed by atoms with Crippen molar-refractivity contribution in [3.05, 3.63) is 63.5 Å². The Morgan fingerprint density at radius 2 is 2.35 bits per heavy atom. The zero-order valence-corrected chi connectivity index (χ0v) is 13.1. The summed E-state index contributed by atoms with van der Waals surface area (Å²) in [4.78, 5) is 23.9. The van der Waals surface area contributed by atoms with Crippen LogP contribution in [0.2, 0.25) is 0 Å². The molecular formula is C17H18N4O2. The maximum Gasteiger partial charge on any atom is 0.326 e. The van der Waals surface area contributed by atoms with Gasteiger partial charge in [0.05, 0.1) is 18.5 Å². The van der Waals surface area contributed by atoms with Gasteiger partial charge in [-0.1, -0.05) is 12.5 Å². The van der Waals surface area contributed by atoms with Crippen LogP contribution in [-0.4, -0.2) is 15.8 Å². The lowest BCUT2D eigenvalue weighted by atomic mass is 10.1. The minimum Gasteiger partial charge on any atom is -0.411 e. The number of aromatic amines is 1. The Kier molecular flexibility index (Phi) is 4.84. The molecule has 0 saturated carbocycles. The quantitative estimate of drug-likeness (QED) is 0.501. The van der Waals surface area contributed by atoms with E-state index >= 15 is 0 Å². The van der Waals surface area contributed by atoms with Crippen LogP contribution in [0.1, 0.15) is 29.4 Å². The molecule has 0 radical (unpaired) electrons. The van der Waals surface area contributed by atoms with Crippen LogP contribution in [0.25, 0.3) is 0 Å². The number of hydrogen-bond acceptors (Lipinski definition) is 4. The van der Waals surface area contributed by atoms with Gasteiger partial charge in [0.25, 0.3) is 0 Å². The number of H-pyrrole nitrogens is 1. The Bertz CT molecular complexity index is 866. The van der Waals surface area contributed by atoms with Crippen LogP contribution >= 0.6 is 0 Å². The monoisotopic (exact) mass is 310 g/mol. The molecule has 0 fully saturated rings. The number of aliphatic imine (C=N–C) groups is 1. The molecule has 0 spiro atoms. The Labute approximate surface area is 134 Å². The van der Waals surface area contributed by atoms with E-state index in [0.29, 0.717) is 22.7 Å². The van der Waals surface area contributed by atoms with Crippen LogP contribution in [0.4, 0.5) is 0 Å². The van der Waals surface area contributed by atoms with Gasteiger partial charge in [0.1, 0.15) is 0 Å². The van der Waals surface area contributed by atoms with Gasteiger partial charge < -0.3 is 9.82 Å².